The van der Waals surface area contributed by atoms with Crippen LogP contribution in [0.2, 0.25) is 0 Å². The van der Waals surface area contributed by atoms with Crippen LogP contribution in [0.4, 0.5) is 5.69 Å². The van der Waals surface area contributed by atoms with Crippen LogP contribution < -0.4 is 19.5 Å². The van der Waals surface area contributed by atoms with Crippen molar-refractivity contribution in [2.24, 2.45) is 0 Å². The number of carbonyl (C=O) groups is 2. The Morgan fingerprint density at radius 3 is 2.31 bits per heavy atom. The molecule has 1 amide bonds. The van der Waals surface area contributed by atoms with E-state index in [1.165, 1.54) is 32.4 Å². The molecule has 0 radical (unpaired) electrons. The Bertz CT molecular complexity index is 816. The molecule has 0 aromatic heterocycles. The summed E-state index contributed by atoms with van der Waals surface area (Å²) in [6.45, 7) is 3.77. The molecule has 0 spiro atoms. The first-order valence-electron chi connectivity index (χ1n) is 7.93. The van der Waals surface area contributed by atoms with Gasteiger partial charge in [0.1, 0.15) is 5.75 Å². The van der Waals surface area contributed by atoms with Gasteiger partial charge in [-0.1, -0.05) is 0 Å². The smallest absolute Gasteiger partial charge is 0.337 e. The molecule has 138 valence electrons. The Labute approximate surface area is 151 Å². The SMILES string of the molecule is COc1ccc(NC(=O)c2ccc(OC(C)C)c(OC)c2)c(C(=O)O)c1. The minimum Gasteiger partial charge on any atom is -0.497 e. The number of aromatic carboxylic acids is 1. The summed E-state index contributed by atoms with van der Waals surface area (Å²) >= 11 is 0. The Balaban J connectivity index is 2.29. The molecule has 26 heavy (non-hydrogen) atoms. The Hall–Kier alpha value is -3.22. The highest BCUT2D eigenvalue weighted by Gasteiger charge is 2.16. The van der Waals surface area contributed by atoms with Crippen molar-refractivity contribution in [3.63, 3.8) is 0 Å². The Morgan fingerprint density at radius 1 is 1.00 bits per heavy atom. The number of benzene rings is 2. The fraction of sp³-hybridized carbons (Fsp3) is 0.263. The molecular weight excluding hydrogens is 338 g/mol. The molecule has 0 aliphatic carbocycles. The van der Waals surface area contributed by atoms with E-state index >= 15 is 0 Å². The van der Waals surface area contributed by atoms with E-state index in [2.05, 4.69) is 5.32 Å². The normalized spacial score (nSPS) is 10.3. The third-order valence-corrected chi connectivity index (χ3v) is 3.49. The van der Waals surface area contributed by atoms with Gasteiger partial charge in [0.15, 0.2) is 11.5 Å². The van der Waals surface area contributed by atoms with Gasteiger partial charge in [-0.05, 0) is 50.2 Å². The highest BCUT2D eigenvalue weighted by molar-refractivity contribution is 6.08. The Morgan fingerprint density at radius 2 is 1.73 bits per heavy atom. The minimum atomic E-state index is -1.17. The van der Waals surface area contributed by atoms with Crippen molar-refractivity contribution in [3.8, 4) is 17.2 Å². The van der Waals surface area contributed by atoms with Crippen LogP contribution in [-0.2, 0) is 0 Å². The second kappa shape index (κ2) is 8.24. The lowest BCUT2D eigenvalue weighted by Gasteiger charge is -2.15. The average Bonchev–Trinajstić information content (AvgIpc) is 2.61. The first-order chi connectivity index (χ1) is 12.3. The van der Waals surface area contributed by atoms with E-state index in [-0.39, 0.29) is 17.4 Å². The molecule has 0 aliphatic rings. The zero-order valence-corrected chi connectivity index (χ0v) is 15.0. The molecule has 0 saturated heterocycles. The zero-order chi connectivity index (χ0) is 19.3. The molecule has 0 bridgehead atoms. The van der Waals surface area contributed by atoms with E-state index in [0.717, 1.165) is 0 Å². The molecule has 0 aliphatic heterocycles. The quantitative estimate of drug-likeness (QED) is 0.786. The zero-order valence-electron chi connectivity index (χ0n) is 15.0. The van der Waals surface area contributed by atoms with Crippen LogP contribution in [-0.4, -0.2) is 37.3 Å². The summed E-state index contributed by atoms with van der Waals surface area (Å²) in [4.78, 5) is 23.9. The number of carboxylic acids is 1. The number of carboxylic acid groups (broad SMARTS) is 1. The molecule has 2 aromatic carbocycles. The van der Waals surface area contributed by atoms with Crippen LogP contribution in [0.5, 0.6) is 17.2 Å². The number of hydrogen-bond acceptors (Lipinski definition) is 5. The van der Waals surface area contributed by atoms with Crippen molar-refractivity contribution in [3.05, 3.63) is 47.5 Å². The molecule has 0 saturated carbocycles. The van der Waals surface area contributed by atoms with E-state index in [1.807, 2.05) is 13.8 Å². The highest BCUT2D eigenvalue weighted by atomic mass is 16.5. The summed E-state index contributed by atoms with van der Waals surface area (Å²) < 4.78 is 15.9. The van der Waals surface area contributed by atoms with Gasteiger partial charge in [-0.25, -0.2) is 4.79 Å². The molecule has 0 atom stereocenters. The van der Waals surface area contributed by atoms with E-state index in [9.17, 15) is 14.7 Å². The maximum Gasteiger partial charge on any atom is 0.337 e. The molecule has 0 heterocycles. The third kappa shape index (κ3) is 4.44. The standard InChI is InChI=1S/C19H21NO6/c1-11(2)26-16-8-5-12(9-17(16)25-4)18(21)20-15-7-6-13(24-3)10-14(15)19(22)23/h5-11H,1-4H3,(H,20,21)(H,22,23). The lowest BCUT2D eigenvalue weighted by atomic mass is 10.1. The number of nitrogens with one attached hydrogen (secondary N) is 1. The van der Waals surface area contributed by atoms with E-state index in [4.69, 9.17) is 14.2 Å². The van der Waals surface area contributed by atoms with Crippen LogP contribution in [0.15, 0.2) is 36.4 Å². The maximum absolute atomic E-state index is 12.5. The molecule has 0 unspecified atom stereocenters. The minimum absolute atomic E-state index is 0.0407. The van der Waals surface area contributed by atoms with Crippen molar-refractivity contribution in [2.75, 3.05) is 19.5 Å². The molecule has 2 aromatic rings. The van der Waals surface area contributed by atoms with E-state index in [0.29, 0.717) is 22.8 Å². The second-order valence-electron chi connectivity index (χ2n) is 5.70. The summed E-state index contributed by atoms with van der Waals surface area (Å²) in [5, 5.41) is 11.9. The number of rotatable bonds is 7. The summed E-state index contributed by atoms with van der Waals surface area (Å²) in [6.07, 6.45) is -0.0407. The summed E-state index contributed by atoms with van der Waals surface area (Å²) in [5.74, 6) is -0.309. The molecular formula is C19H21NO6. The fourth-order valence-electron chi connectivity index (χ4n) is 2.29. The van der Waals surface area contributed by atoms with Gasteiger partial charge in [0.25, 0.3) is 5.91 Å². The van der Waals surface area contributed by atoms with Crippen molar-refractivity contribution in [1.29, 1.82) is 0 Å². The van der Waals surface area contributed by atoms with Gasteiger partial charge >= 0.3 is 5.97 Å². The van der Waals surface area contributed by atoms with Gasteiger partial charge in [0, 0.05) is 5.56 Å². The topological polar surface area (TPSA) is 94.1 Å². The van der Waals surface area contributed by atoms with Crippen molar-refractivity contribution in [1.82, 2.24) is 0 Å². The molecule has 0 fully saturated rings. The van der Waals surface area contributed by atoms with Crippen LogP contribution >= 0.6 is 0 Å². The van der Waals surface area contributed by atoms with E-state index in [1.54, 1.807) is 18.2 Å². The lowest BCUT2D eigenvalue weighted by molar-refractivity contribution is 0.0697. The Kier molecular flexibility index (Phi) is 6.06. The fourth-order valence-corrected chi connectivity index (χ4v) is 2.29. The van der Waals surface area contributed by atoms with Crippen LogP contribution in [0.3, 0.4) is 0 Å². The number of amides is 1. The second-order valence-corrected chi connectivity index (χ2v) is 5.70. The number of ether oxygens (including phenoxy) is 3. The summed E-state index contributed by atoms with van der Waals surface area (Å²) in [6, 6.07) is 9.16. The largest absolute Gasteiger partial charge is 0.497 e. The first kappa shape index (κ1) is 19.1. The van der Waals surface area contributed by atoms with Gasteiger partial charge in [-0.2, -0.15) is 0 Å². The number of methoxy groups -OCH3 is 2. The number of anilines is 1. The van der Waals surface area contributed by atoms with Gasteiger partial charge in [0.2, 0.25) is 0 Å². The van der Waals surface area contributed by atoms with E-state index < -0.39 is 11.9 Å². The molecule has 7 nitrogen and oxygen atoms in total. The summed E-state index contributed by atoms with van der Waals surface area (Å²) in [5.41, 5.74) is 0.416. The number of carbonyl (C=O) groups excluding carboxylic acids is 1. The summed E-state index contributed by atoms with van der Waals surface area (Å²) in [7, 11) is 2.92. The van der Waals surface area contributed by atoms with Gasteiger partial charge < -0.3 is 24.6 Å². The van der Waals surface area contributed by atoms with Crippen molar-refractivity contribution in [2.45, 2.75) is 20.0 Å². The first-order valence-corrected chi connectivity index (χ1v) is 7.93. The van der Waals surface area contributed by atoms with Crippen LogP contribution in [0, 0.1) is 0 Å². The number of hydrogen-bond donors (Lipinski definition) is 2. The monoisotopic (exact) mass is 359 g/mol. The maximum atomic E-state index is 12.5. The van der Waals surface area contributed by atoms with Gasteiger partial charge in [-0.15, -0.1) is 0 Å². The van der Waals surface area contributed by atoms with Crippen LogP contribution in [0.25, 0.3) is 0 Å². The van der Waals surface area contributed by atoms with Crippen LogP contribution in [0.1, 0.15) is 34.6 Å². The lowest BCUT2D eigenvalue weighted by Crippen LogP contribution is -2.15. The van der Waals surface area contributed by atoms with Crippen molar-refractivity contribution >= 4 is 17.6 Å². The third-order valence-electron chi connectivity index (χ3n) is 3.49. The average molecular weight is 359 g/mol. The van der Waals surface area contributed by atoms with Gasteiger partial charge in [-0.3, -0.25) is 4.79 Å². The van der Waals surface area contributed by atoms with Gasteiger partial charge in [0.05, 0.1) is 31.6 Å². The predicted octanol–water partition coefficient (Wildman–Crippen LogP) is 3.44. The predicted molar refractivity (Wildman–Crippen MR) is 96.7 cm³/mol. The molecule has 7 heteroatoms. The molecule has 2 rings (SSSR count). The molecule has 2 N–H and O–H groups in total. The van der Waals surface area contributed by atoms with Crippen molar-refractivity contribution < 1.29 is 28.9 Å². The highest BCUT2D eigenvalue weighted by Crippen LogP contribution is 2.30.